The normalized spacial score (nSPS) is 14.4. The van der Waals surface area contributed by atoms with Crippen LogP contribution in [0.4, 0.5) is 22.4 Å². The number of nitrogens with one attached hydrogen (secondary N) is 2. The Bertz CT molecular complexity index is 1230. The molecule has 2 N–H and O–H groups in total. The molecule has 0 fully saturated rings. The second kappa shape index (κ2) is 12.5. The van der Waals surface area contributed by atoms with Crippen molar-refractivity contribution in [2.45, 2.75) is 31.2 Å². The Morgan fingerprint density at radius 2 is 1.76 bits per heavy atom. The minimum Gasteiger partial charge on any atom is -0.335 e. The first-order chi connectivity index (χ1) is 17.6. The van der Waals surface area contributed by atoms with Gasteiger partial charge in [0.2, 0.25) is 0 Å². The summed E-state index contributed by atoms with van der Waals surface area (Å²) in [5.41, 5.74) is -1.04. The summed E-state index contributed by atoms with van der Waals surface area (Å²) < 4.78 is 53.8. The number of amides is 2. The molecule has 0 radical (unpaired) electrons. The third kappa shape index (κ3) is 7.92. The molecule has 4 nitrogen and oxygen atoms in total. The lowest BCUT2D eigenvalue weighted by Crippen LogP contribution is -2.52. The third-order valence-corrected chi connectivity index (χ3v) is 5.71. The molecule has 0 spiro atoms. The predicted octanol–water partition coefficient (Wildman–Crippen LogP) is 7.01. The molecule has 9 heteroatoms. The lowest BCUT2D eigenvalue weighted by molar-refractivity contribution is -0.137. The summed E-state index contributed by atoms with van der Waals surface area (Å²) in [5, 5.41) is 5.89. The van der Waals surface area contributed by atoms with Gasteiger partial charge in [-0.15, -0.1) is 0 Å². The number of urea groups is 1. The van der Waals surface area contributed by atoms with E-state index < -0.39 is 29.5 Å². The van der Waals surface area contributed by atoms with E-state index in [0.29, 0.717) is 10.7 Å². The number of halogens is 5. The zero-order chi connectivity index (χ0) is 26.9. The SMILES string of the molecule is CC(F)/C=C\C=C/CNC(=O)N[C@](Cc1ccccc1)(c1cccc(C(F)(F)F)c1)c1ccc(Cl)cn1. The van der Waals surface area contributed by atoms with E-state index in [9.17, 15) is 22.4 Å². The minimum atomic E-state index is -4.58. The highest BCUT2D eigenvalue weighted by Crippen LogP contribution is 2.37. The monoisotopic (exact) mass is 531 g/mol. The fourth-order valence-corrected chi connectivity index (χ4v) is 3.88. The number of hydrogen-bond acceptors (Lipinski definition) is 2. The third-order valence-electron chi connectivity index (χ3n) is 5.49. The number of alkyl halides is 4. The molecule has 0 aliphatic rings. The number of rotatable bonds is 9. The van der Waals surface area contributed by atoms with Gasteiger partial charge in [0, 0.05) is 19.2 Å². The maximum absolute atomic E-state index is 13.6. The van der Waals surface area contributed by atoms with Crippen LogP contribution in [0.15, 0.2) is 97.2 Å². The molecule has 0 bridgehead atoms. The number of allylic oxidation sites excluding steroid dienone is 3. The van der Waals surface area contributed by atoms with Crippen LogP contribution in [0.25, 0.3) is 0 Å². The van der Waals surface area contributed by atoms with Gasteiger partial charge in [0.25, 0.3) is 0 Å². The van der Waals surface area contributed by atoms with Crippen molar-refractivity contribution in [1.82, 2.24) is 15.6 Å². The quantitative estimate of drug-likeness (QED) is 0.230. The second-order valence-corrected chi connectivity index (χ2v) is 8.77. The Labute approximate surface area is 218 Å². The van der Waals surface area contributed by atoms with Crippen molar-refractivity contribution in [2.24, 2.45) is 0 Å². The van der Waals surface area contributed by atoms with Crippen molar-refractivity contribution in [1.29, 1.82) is 0 Å². The molecule has 2 amide bonds. The Morgan fingerprint density at radius 1 is 1.03 bits per heavy atom. The van der Waals surface area contributed by atoms with Crippen molar-refractivity contribution in [3.8, 4) is 0 Å². The number of hydrogen-bond donors (Lipinski definition) is 2. The van der Waals surface area contributed by atoms with E-state index in [-0.39, 0.29) is 18.5 Å². The summed E-state index contributed by atoms with van der Waals surface area (Å²) in [4.78, 5) is 17.5. The molecule has 2 atom stereocenters. The zero-order valence-electron chi connectivity index (χ0n) is 20.0. The standard InChI is InChI=1S/C28H26ClF4N3O/c1-20(30)9-4-3-7-16-34-26(37)36-27(18-21-10-5-2-6-11-21,25-15-14-24(29)19-35-25)22-12-8-13-23(17-22)28(31,32)33/h2-15,17,19-20H,16,18H2,1H3,(H2,34,36,37)/b7-3-,9-4-/t20?,27-/m1/s1. The number of aromatic nitrogens is 1. The number of pyridine rings is 1. The molecule has 0 saturated carbocycles. The second-order valence-electron chi connectivity index (χ2n) is 8.33. The molecule has 194 valence electrons. The number of nitrogens with zero attached hydrogens (tertiary/aromatic N) is 1. The summed E-state index contributed by atoms with van der Waals surface area (Å²) in [7, 11) is 0. The highest BCUT2D eigenvalue weighted by molar-refractivity contribution is 6.30. The number of carbonyl (C=O) groups is 1. The maximum atomic E-state index is 13.6. The van der Waals surface area contributed by atoms with Crippen LogP contribution in [0.2, 0.25) is 5.02 Å². The van der Waals surface area contributed by atoms with E-state index in [4.69, 9.17) is 11.6 Å². The Morgan fingerprint density at radius 3 is 2.41 bits per heavy atom. The van der Waals surface area contributed by atoms with Gasteiger partial charge in [-0.1, -0.05) is 78.4 Å². The van der Waals surface area contributed by atoms with Gasteiger partial charge in [-0.05, 0) is 42.3 Å². The van der Waals surface area contributed by atoms with Crippen LogP contribution in [0.5, 0.6) is 0 Å². The van der Waals surface area contributed by atoms with Crippen LogP contribution >= 0.6 is 11.6 Å². The van der Waals surface area contributed by atoms with Crippen molar-refractivity contribution < 1.29 is 22.4 Å². The molecule has 0 aliphatic carbocycles. The van der Waals surface area contributed by atoms with Crippen LogP contribution in [0.1, 0.15) is 29.3 Å². The molecule has 0 aliphatic heterocycles. The van der Waals surface area contributed by atoms with E-state index in [0.717, 1.165) is 17.7 Å². The summed E-state index contributed by atoms with van der Waals surface area (Å²) in [6.45, 7) is 1.50. The van der Waals surface area contributed by atoms with Gasteiger partial charge >= 0.3 is 12.2 Å². The van der Waals surface area contributed by atoms with Crippen molar-refractivity contribution >= 4 is 17.6 Å². The zero-order valence-corrected chi connectivity index (χ0v) is 20.7. The van der Waals surface area contributed by atoms with Crippen LogP contribution in [0.3, 0.4) is 0 Å². The van der Waals surface area contributed by atoms with Gasteiger partial charge in [-0.25, -0.2) is 9.18 Å². The molecule has 3 rings (SSSR count). The van der Waals surface area contributed by atoms with Gasteiger partial charge < -0.3 is 10.6 Å². The molecular formula is C28H26ClF4N3O. The predicted molar refractivity (Wildman–Crippen MR) is 137 cm³/mol. The number of benzene rings is 2. The van der Waals surface area contributed by atoms with Gasteiger partial charge in [-0.2, -0.15) is 13.2 Å². The Balaban J connectivity index is 2.05. The fourth-order valence-electron chi connectivity index (χ4n) is 3.77. The Kier molecular flexibility index (Phi) is 9.47. The minimum absolute atomic E-state index is 0.106. The van der Waals surface area contributed by atoms with Crippen molar-refractivity contribution in [3.05, 3.63) is 125 Å². The first-order valence-electron chi connectivity index (χ1n) is 11.5. The first kappa shape index (κ1) is 27.9. The van der Waals surface area contributed by atoms with Crippen molar-refractivity contribution in [2.75, 3.05) is 6.54 Å². The smallest absolute Gasteiger partial charge is 0.335 e. The molecule has 0 saturated heterocycles. The van der Waals surface area contributed by atoms with Crippen LogP contribution in [0, 0.1) is 0 Å². The van der Waals surface area contributed by atoms with E-state index in [1.165, 1.54) is 37.4 Å². The highest BCUT2D eigenvalue weighted by Gasteiger charge is 2.40. The van der Waals surface area contributed by atoms with Crippen molar-refractivity contribution in [3.63, 3.8) is 0 Å². The van der Waals surface area contributed by atoms with Gasteiger partial charge in [0.15, 0.2) is 0 Å². The average molecular weight is 532 g/mol. The maximum Gasteiger partial charge on any atom is 0.416 e. The Hall–Kier alpha value is -3.65. The summed E-state index contributed by atoms with van der Waals surface area (Å²) >= 11 is 6.04. The summed E-state index contributed by atoms with van der Waals surface area (Å²) in [6, 6.07) is 16.4. The molecule has 1 heterocycles. The molecular weight excluding hydrogens is 506 g/mol. The van der Waals surface area contributed by atoms with Crippen LogP contribution in [-0.4, -0.2) is 23.7 Å². The lowest BCUT2D eigenvalue weighted by Gasteiger charge is -2.35. The fraction of sp³-hybridized carbons (Fsp3) is 0.214. The van der Waals surface area contributed by atoms with Gasteiger partial charge in [0.1, 0.15) is 11.7 Å². The van der Waals surface area contributed by atoms with E-state index >= 15 is 0 Å². The van der Waals surface area contributed by atoms with E-state index in [2.05, 4.69) is 15.6 Å². The van der Waals surface area contributed by atoms with Gasteiger partial charge in [0.05, 0.1) is 16.3 Å². The summed E-state index contributed by atoms with van der Waals surface area (Å²) in [6.07, 6.45) is 1.88. The summed E-state index contributed by atoms with van der Waals surface area (Å²) in [5.74, 6) is 0. The highest BCUT2D eigenvalue weighted by atomic mass is 35.5. The average Bonchev–Trinajstić information content (AvgIpc) is 2.86. The lowest BCUT2D eigenvalue weighted by atomic mass is 9.80. The number of carbonyl (C=O) groups excluding carboxylic acids is 1. The topological polar surface area (TPSA) is 54.0 Å². The molecule has 2 aromatic carbocycles. The molecule has 1 aromatic heterocycles. The van der Waals surface area contributed by atoms with Crippen LogP contribution < -0.4 is 10.6 Å². The van der Waals surface area contributed by atoms with E-state index in [1.54, 1.807) is 36.4 Å². The largest absolute Gasteiger partial charge is 0.416 e. The molecule has 3 aromatic rings. The van der Waals surface area contributed by atoms with E-state index in [1.807, 2.05) is 18.2 Å². The van der Waals surface area contributed by atoms with Crippen LogP contribution in [-0.2, 0) is 18.1 Å². The molecule has 37 heavy (non-hydrogen) atoms. The van der Waals surface area contributed by atoms with Gasteiger partial charge in [-0.3, -0.25) is 4.98 Å². The molecule has 1 unspecified atom stereocenters. The first-order valence-corrected chi connectivity index (χ1v) is 11.8.